The molecule has 1 aromatic carbocycles. The molecule has 0 bridgehead atoms. The standard InChI is InChI=1S/C20H21N3O3/c1-14-18(25-13-15-4-6-21-7-5-15)3-2-16-17(12-19(24)26-20(14)16)23-10-8-22-9-11-23/h2-7,12,22H,8-11,13H2,1H3. The quantitative estimate of drug-likeness (QED) is 0.729. The molecule has 4 rings (SSSR count). The van der Waals surface area contributed by atoms with Gasteiger partial charge in [-0.3, -0.25) is 4.98 Å². The van der Waals surface area contributed by atoms with Crippen LogP contribution in [0.5, 0.6) is 5.75 Å². The van der Waals surface area contributed by atoms with E-state index in [0.717, 1.165) is 54.1 Å². The molecule has 0 spiro atoms. The number of fused-ring (bicyclic) bond motifs is 1. The molecule has 6 heteroatoms. The molecule has 0 unspecified atom stereocenters. The van der Waals surface area contributed by atoms with E-state index in [2.05, 4.69) is 15.2 Å². The van der Waals surface area contributed by atoms with Crippen molar-refractivity contribution in [3.8, 4) is 5.75 Å². The zero-order valence-corrected chi connectivity index (χ0v) is 14.7. The first-order valence-corrected chi connectivity index (χ1v) is 8.77. The number of benzene rings is 1. The summed E-state index contributed by atoms with van der Waals surface area (Å²) in [6.07, 6.45) is 3.48. The summed E-state index contributed by atoms with van der Waals surface area (Å²) in [5.41, 5.74) is 3.07. The van der Waals surface area contributed by atoms with E-state index >= 15 is 0 Å². The van der Waals surface area contributed by atoms with Gasteiger partial charge in [0, 0.05) is 55.6 Å². The summed E-state index contributed by atoms with van der Waals surface area (Å²) in [6.45, 7) is 5.93. The summed E-state index contributed by atoms with van der Waals surface area (Å²) in [6, 6.07) is 9.34. The Bertz CT molecular complexity index is 963. The zero-order valence-electron chi connectivity index (χ0n) is 14.7. The predicted octanol–water partition coefficient (Wildman–Crippen LogP) is 2.49. The third-order valence-electron chi connectivity index (χ3n) is 4.69. The van der Waals surface area contributed by atoms with Gasteiger partial charge < -0.3 is 19.4 Å². The van der Waals surface area contributed by atoms with Crippen molar-refractivity contribution in [2.45, 2.75) is 13.5 Å². The number of pyridine rings is 1. The zero-order chi connectivity index (χ0) is 17.9. The van der Waals surface area contributed by atoms with Crippen molar-refractivity contribution in [3.63, 3.8) is 0 Å². The summed E-state index contributed by atoms with van der Waals surface area (Å²) in [4.78, 5) is 18.4. The van der Waals surface area contributed by atoms with Crippen molar-refractivity contribution in [1.29, 1.82) is 0 Å². The maximum absolute atomic E-state index is 12.1. The highest BCUT2D eigenvalue weighted by Crippen LogP contribution is 2.32. The molecule has 0 saturated carbocycles. The molecule has 0 atom stereocenters. The third-order valence-corrected chi connectivity index (χ3v) is 4.69. The second-order valence-electron chi connectivity index (χ2n) is 6.40. The Morgan fingerprint density at radius 1 is 1.19 bits per heavy atom. The average Bonchev–Trinajstić information content (AvgIpc) is 2.69. The van der Waals surface area contributed by atoms with Gasteiger partial charge in [0.25, 0.3) is 0 Å². The maximum atomic E-state index is 12.1. The van der Waals surface area contributed by atoms with Crippen LogP contribution in [-0.2, 0) is 6.61 Å². The lowest BCUT2D eigenvalue weighted by Crippen LogP contribution is -2.43. The number of anilines is 1. The second kappa shape index (κ2) is 7.17. The smallest absolute Gasteiger partial charge is 0.338 e. The topological polar surface area (TPSA) is 67.6 Å². The van der Waals surface area contributed by atoms with Crippen LogP contribution in [0.3, 0.4) is 0 Å². The Kier molecular flexibility index (Phi) is 4.58. The minimum atomic E-state index is -0.333. The average molecular weight is 351 g/mol. The summed E-state index contributed by atoms with van der Waals surface area (Å²) >= 11 is 0. The van der Waals surface area contributed by atoms with E-state index in [1.54, 1.807) is 18.5 Å². The Balaban J connectivity index is 1.69. The molecule has 0 radical (unpaired) electrons. The number of rotatable bonds is 4. The van der Waals surface area contributed by atoms with Crippen molar-refractivity contribution in [3.05, 3.63) is 64.3 Å². The van der Waals surface area contributed by atoms with Crippen molar-refractivity contribution < 1.29 is 9.15 Å². The summed E-state index contributed by atoms with van der Waals surface area (Å²) < 4.78 is 11.5. The number of ether oxygens (including phenoxy) is 1. The van der Waals surface area contributed by atoms with Crippen molar-refractivity contribution >= 4 is 16.7 Å². The lowest BCUT2D eigenvalue weighted by Gasteiger charge is -2.30. The number of hydrogen-bond donors (Lipinski definition) is 1. The van der Waals surface area contributed by atoms with Gasteiger partial charge >= 0.3 is 5.63 Å². The predicted molar refractivity (Wildman–Crippen MR) is 101 cm³/mol. The molecular formula is C20H21N3O3. The van der Waals surface area contributed by atoms with Crippen LogP contribution in [0.25, 0.3) is 11.0 Å². The van der Waals surface area contributed by atoms with Gasteiger partial charge in [-0.25, -0.2) is 4.79 Å². The molecule has 1 fully saturated rings. The number of hydrogen-bond acceptors (Lipinski definition) is 6. The van der Waals surface area contributed by atoms with E-state index in [4.69, 9.17) is 9.15 Å². The highest BCUT2D eigenvalue weighted by Gasteiger charge is 2.18. The number of nitrogens with one attached hydrogen (secondary N) is 1. The highest BCUT2D eigenvalue weighted by atomic mass is 16.5. The van der Waals surface area contributed by atoms with Gasteiger partial charge in [0.05, 0.1) is 5.69 Å². The van der Waals surface area contributed by atoms with Gasteiger partial charge in [0.1, 0.15) is 17.9 Å². The Labute approximate surface area is 151 Å². The van der Waals surface area contributed by atoms with E-state index in [1.165, 1.54) is 0 Å². The van der Waals surface area contributed by atoms with E-state index in [0.29, 0.717) is 12.2 Å². The summed E-state index contributed by atoms with van der Waals surface area (Å²) in [7, 11) is 0. The molecule has 1 aliphatic rings. The van der Waals surface area contributed by atoms with Crippen LogP contribution in [0.15, 0.2) is 51.9 Å². The van der Waals surface area contributed by atoms with Crippen molar-refractivity contribution in [1.82, 2.24) is 10.3 Å². The van der Waals surface area contributed by atoms with E-state index in [-0.39, 0.29) is 5.63 Å². The number of nitrogens with zero attached hydrogens (tertiary/aromatic N) is 2. The lowest BCUT2D eigenvalue weighted by atomic mass is 10.1. The van der Waals surface area contributed by atoms with Crippen LogP contribution >= 0.6 is 0 Å². The van der Waals surface area contributed by atoms with Gasteiger partial charge in [0.2, 0.25) is 0 Å². The minimum Gasteiger partial charge on any atom is -0.488 e. The number of aryl methyl sites for hydroxylation is 1. The first kappa shape index (κ1) is 16.6. The van der Waals surface area contributed by atoms with Gasteiger partial charge in [-0.2, -0.15) is 0 Å². The Morgan fingerprint density at radius 3 is 2.73 bits per heavy atom. The van der Waals surface area contributed by atoms with Gasteiger partial charge in [-0.1, -0.05) is 0 Å². The maximum Gasteiger partial charge on any atom is 0.338 e. The monoisotopic (exact) mass is 351 g/mol. The minimum absolute atomic E-state index is 0.333. The molecule has 0 amide bonds. The molecule has 26 heavy (non-hydrogen) atoms. The Hall–Kier alpha value is -2.86. The molecule has 3 heterocycles. The SMILES string of the molecule is Cc1c(OCc2ccncc2)ccc2c(N3CCNCC3)cc(=O)oc12. The molecular weight excluding hydrogens is 330 g/mol. The van der Waals surface area contributed by atoms with Crippen LogP contribution in [0.2, 0.25) is 0 Å². The van der Waals surface area contributed by atoms with Crippen LogP contribution in [0, 0.1) is 6.92 Å². The molecule has 0 aliphatic carbocycles. The number of piperazine rings is 1. The molecule has 1 saturated heterocycles. The van der Waals surface area contributed by atoms with Crippen LogP contribution in [0.4, 0.5) is 5.69 Å². The van der Waals surface area contributed by atoms with E-state index in [9.17, 15) is 4.79 Å². The van der Waals surface area contributed by atoms with Crippen LogP contribution < -0.4 is 20.6 Å². The van der Waals surface area contributed by atoms with Gasteiger partial charge in [-0.05, 0) is 36.8 Å². The number of aromatic nitrogens is 1. The van der Waals surface area contributed by atoms with Gasteiger partial charge in [-0.15, -0.1) is 0 Å². The molecule has 134 valence electrons. The molecule has 1 N–H and O–H groups in total. The third kappa shape index (κ3) is 3.28. The van der Waals surface area contributed by atoms with Crippen molar-refractivity contribution in [2.24, 2.45) is 0 Å². The molecule has 1 aliphatic heterocycles. The largest absolute Gasteiger partial charge is 0.488 e. The van der Waals surface area contributed by atoms with Crippen LogP contribution in [0.1, 0.15) is 11.1 Å². The fourth-order valence-corrected chi connectivity index (χ4v) is 3.29. The van der Waals surface area contributed by atoms with E-state index < -0.39 is 0 Å². The van der Waals surface area contributed by atoms with Crippen molar-refractivity contribution in [2.75, 3.05) is 31.1 Å². The first-order valence-electron chi connectivity index (χ1n) is 8.77. The fraction of sp³-hybridized carbons (Fsp3) is 0.300. The fourth-order valence-electron chi connectivity index (χ4n) is 3.29. The van der Waals surface area contributed by atoms with Crippen LogP contribution in [-0.4, -0.2) is 31.2 Å². The normalized spacial score (nSPS) is 14.6. The molecule has 2 aromatic heterocycles. The Morgan fingerprint density at radius 2 is 1.96 bits per heavy atom. The highest BCUT2D eigenvalue weighted by molar-refractivity contribution is 5.93. The summed E-state index contributed by atoms with van der Waals surface area (Å²) in [5, 5.41) is 4.28. The molecule has 3 aromatic rings. The first-order chi connectivity index (χ1) is 12.7. The van der Waals surface area contributed by atoms with E-state index in [1.807, 2.05) is 31.2 Å². The molecule has 6 nitrogen and oxygen atoms in total. The summed E-state index contributed by atoms with van der Waals surface area (Å²) in [5.74, 6) is 0.718. The lowest BCUT2D eigenvalue weighted by molar-refractivity contribution is 0.304. The van der Waals surface area contributed by atoms with Gasteiger partial charge in [0.15, 0.2) is 0 Å². The second-order valence-corrected chi connectivity index (χ2v) is 6.40.